The fraction of sp³-hybridized carbons (Fsp3) is 0.417. The second-order valence-electron chi connectivity index (χ2n) is 4.48. The Kier molecular flexibility index (Phi) is 3.64. The Bertz CT molecular complexity index is 579. The number of hydrogen-bond acceptors (Lipinski definition) is 3. The normalized spacial score (nSPS) is 16.1. The first-order chi connectivity index (χ1) is 8.42. The van der Waals surface area contributed by atoms with E-state index in [1.165, 1.54) is 6.07 Å². The molecule has 0 bridgehead atoms. The van der Waals surface area contributed by atoms with Gasteiger partial charge in [0.2, 0.25) is 5.91 Å². The summed E-state index contributed by atoms with van der Waals surface area (Å²) in [6.45, 7) is 1.72. The van der Waals surface area contributed by atoms with Crippen LogP contribution >= 0.6 is 11.6 Å². The largest absolute Gasteiger partial charge is 0.274 e. The van der Waals surface area contributed by atoms with Crippen molar-refractivity contribution in [3.63, 3.8) is 0 Å². The monoisotopic (exact) mass is 287 g/mol. The maximum atomic E-state index is 12.0. The Balaban J connectivity index is 2.25. The van der Waals surface area contributed by atoms with Crippen molar-refractivity contribution in [1.82, 2.24) is 4.72 Å². The van der Waals surface area contributed by atoms with Crippen LogP contribution in [0.3, 0.4) is 0 Å². The van der Waals surface area contributed by atoms with Crippen LogP contribution in [0.1, 0.15) is 24.8 Å². The Morgan fingerprint density at radius 2 is 2.06 bits per heavy atom. The van der Waals surface area contributed by atoms with Crippen molar-refractivity contribution in [2.75, 3.05) is 0 Å². The van der Waals surface area contributed by atoms with Crippen molar-refractivity contribution < 1.29 is 13.2 Å². The van der Waals surface area contributed by atoms with Gasteiger partial charge >= 0.3 is 0 Å². The minimum absolute atomic E-state index is 0.0446. The molecule has 0 heterocycles. The van der Waals surface area contributed by atoms with Crippen LogP contribution < -0.4 is 4.72 Å². The predicted octanol–water partition coefficient (Wildman–Crippen LogP) is 2.25. The summed E-state index contributed by atoms with van der Waals surface area (Å²) in [6.07, 6.45) is 2.48. The molecule has 18 heavy (non-hydrogen) atoms. The third-order valence-electron chi connectivity index (χ3n) is 3.16. The van der Waals surface area contributed by atoms with E-state index < -0.39 is 15.9 Å². The summed E-state index contributed by atoms with van der Waals surface area (Å²) in [5.41, 5.74) is 0.663. The lowest BCUT2D eigenvalue weighted by Gasteiger charge is -2.24. The summed E-state index contributed by atoms with van der Waals surface area (Å²) in [5.74, 6) is -0.609. The lowest BCUT2D eigenvalue weighted by atomic mass is 9.85. The molecule has 0 radical (unpaired) electrons. The Morgan fingerprint density at radius 1 is 1.39 bits per heavy atom. The van der Waals surface area contributed by atoms with Crippen molar-refractivity contribution in [3.05, 3.63) is 28.8 Å². The molecule has 1 amide bonds. The fourth-order valence-electron chi connectivity index (χ4n) is 1.77. The topological polar surface area (TPSA) is 63.2 Å². The van der Waals surface area contributed by atoms with E-state index >= 15 is 0 Å². The van der Waals surface area contributed by atoms with Gasteiger partial charge < -0.3 is 0 Å². The SMILES string of the molecule is Cc1cccc(S(=O)(=O)NC(=O)C2CCC2)c1Cl. The van der Waals surface area contributed by atoms with E-state index in [1.54, 1.807) is 19.1 Å². The molecule has 1 fully saturated rings. The van der Waals surface area contributed by atoms with E-state index in [0.717, 1.165) is 19.3 Å². The molecule has 1 N–H and O–H groups in total. The third kappa shape index (κ3) is 2.52. The zero-order valence-corrected chi connectivity index (χ0v) is 11.5. The second-order valence-corrected chi connectivity index (χ2v) is 6.51. The lowest BCUT2D eigenvalue weighted by Crippen LogP contribution is -2.38. The van der Waals surface area contributed by atoms with Crippen LogP contribution in [0, 0.1) is 12.8 Å². The average molecular weight is 288 g/mol. The minimum Gasteiger partial charge on any atom is -0.274 e. The van der Waals surface area contributed by atoms with Crippen molar-refractivity contribution in [2.45, 2.75) is 31.1 Å². The van der Waals surface area contributed by atoms with Crippen LogP contribution in [0.2, 0.25) is 5.02 Å². The number of carbonyl (C=O) groups excluding carboxylic acids is 1. The maximum Gasteiger partial charge on any atom is 0.265 e. The number of halogens is 1. The number of benzene rings is 1. The van der Waals surface area contributed by atoms with Gasteiger partial charge in [0.1, 0.15) is 4.90 Å². The molecule has 6 heteroatoms. The van der Waals surface area contributed by atoms with Crippen LogP contribution in [0.25, 0.3) is 0 Å². The van der Waals surface area contributed by atoms with Gasteiger partial charge in [0.25, 0.3) is 10.0 Å². The van der Waals surface area contributed by atoms with Gasteiger partial charge in [0, 0.05) is 5.92 Å². The first kappa shape index (κ1) is 13.4. The highest BCUT2D eigenvalue weighted by atomic mass is 35.5. The predicted molar refractivity (Wildman–Crippen MR) is 68.9 cm³/mol. The van der Waals surface area contributed by atoms with Gasteiger partial charge in [0.05, 0.1) is 5.02 Å². The molecule has 1 aliphatic carbocycles. The molecular formula is C12H14ClNO3S. The summed E-state index contributed by atoms with van der Waals surface area (Å²) < 4.78 is 26.2. The van der Waals surface area contributed by atoms with E-state index in [9.17, 15) is 13.2 Å². The Labute approximate surface area is 111 Å². The van der Waals surface area contributed by atoms with Crippen molar-refractivity contribution in [3.8, 4) is 0 Å². The first-order valence-electron chi connectivity index (χ1n) is 5.73. The Morgan fingerprint density at radius 3 is 2.61 bits per heavy atom. The van der Waals surface area contributed by atoms with Crippen LogP contribution in [0.15, 0.2) is 23.1 Å². The highest BCUT2D eigenvalue weighted by Crippen LogP contribution is 2.28. The van der Waals surface area contributed by atoms with E-state index in [0.29, 0.717) is 5.56 Å². The van der Waals surface area contributed by atoms with E-state index in [-0.39, 0.29) is 15.8 Å². The van der Waals surface area contributed by atoms with Gasteiger partial charge in [-0.25, -0.2) is 13.1 Å². The molecule has 2 rings (SSSR count). The molecular weight excluding hydrogens is 274 g/mol. The zero-order chi connectivity index (χ0) is 13.3. The quantitative estimate of drug-likeness (QED) is 0.927. The molecule has 0 atom stereocenters. The van der Waals surface area contributed by atoms with Gasteiger partial charge in [-0.3, -0.25) is 4.79 Å². The van der Waals surface area contributed by atoms with Crippen LogP contribution in [0.4, 0.5) is 0 Å². The summed E-state index contributed by atoms with van der Waals surface area (Å²) in [4.78, 5) is 11.6. The molecule has 1 aromatic carbocycles. The van der Waals surface area contributed by atoms with Gasteiger partial charge in [0.15, 0.2) is 0 Å². The third-order valence-corrected chi connectivity index (χ3v) is 5.16. The summed E-state index contributed by atoms with van der Waals surface area (Å²) in [5, 5.41) is 0.159. The second kappa shape index (κ2) is 4.90. The molecule has 0 unspecified atom stereocenters. The van der Waals surface area contributed by atoms with Gasteiger partial charge in [-0.1, -0.05) is 30.2 Å². The number of sulfonamides is 1. The molecule has 4 nitrogen and oxygen atoms in total. The minimum atomic E-state index is -3.87. The van der Waals surface area contributed by atoms with E-state index in [2.05, 4.69) is 4.72 Å². The molecule has 1 aromatic rings. The van der Waals surface area contributed by atoms with Gasteiger partial charge in [-0.05, 0) is 31.4 Å². The Hall–Kier alpha value is -1.07. The smallest absolute Gasteiger partial charge is 0.265 e. The number of carbonyl (C=O) groups is 1. The zero-order valence-electron chi connectivity index (χ0n) is 9.94. The molecule has 0 aliphatic heterocycles. The van der Waals surface area contributed by atoms with Crippen molar-refractivity contribution in [2.24, 2.45) is 5.92 Å². The number of rotatable bonds is 3. The van der Waals surface area contributed by atoms with Crippen LogP contribution in [0.5, 0.6) is 0 Å². The summed E-state index contributed by atoms with van der Waals surface area (Å²) >= 11 is 5.96. The van der Waals surface area contributed by atoms with E-state index in [4.69, 9.17) is 11.6 Å². The number of hydrogen-bond donors (Lipinski definition) is 1. The van der Waals surface area contributed by atoms with Crippen LogP contribution in [-0.4, -0.2) is 14.3 Å². The highest BCUT2D eigenvalue weighted by Gasteiger charge is 2.29. The average Bonchev–Trinajstić information content (AvgIpc) is 2.18. The molecule has 0 aromatic heterocycles. The molecule has 98 valence electrons. The highest BCUT2D eigenvalue weighted by molar-refractivity contribution is 7.90. The van der Waals surface area contributed by atoms with Gasteiger partial charge in [-0.15, -0.1) is 0 Å². The van der Waals surface area contributed by atoms with Crippen molar-refractivity contribution in [1.29, 1.82) is 0 Å². The molecule has 1 aliphatic rings. The molecule has 0 saturated heterocycles. The van der Waals surface area contributed by atoms with E-state index in [1.807, 2.05) is 0 Å². The standard InChI is InChI=1S/C12H14ClNO3S/c1-8-4-2-7-10(11(8)13)18(16,17)14-12(15)9-5-3-6-9/h2,4,7,9H,3,5-6H2,1H3,(H,14,15). The molecule has 0 spiro atoms. The number of nitrogens with one attached hydrogen (secondary N) is 1. The molecule has 1 saturated carbocycles. The summed E-state index contributed by atoms with van der Waals surface area (Å²) in [7, 11) is -3.87. The van der Waals surface area contributed by atoms with Gasteiger partial charge in [-0.2, -0.15) is 0 Å². The van der Waals surface area contributed by atoms with Crippen molar-refractivity contribution >= 4 is 27.5 Å². The number of aryl methyl sites for hydroxylation is 1. The lowest BCUT2D eigenvalue weighted by molar-refractivity contribution is -0.125. The summed E-state index contributed by atoms with van der Waals surface area (Å²) in [6, 6.07) is 4.71. The number of amides is 1. The van der Waals surface area contributed by atoms with Crippen LogP contribution in [-0.2, 0) is 14.8 Å². The first-order valence-corrected chi connectivity index (χ1v) is 7.60. The maximum absolute atomic E-state index is 12.0. The fourth-order valence-corrected chi connectivity index (χ4v) is 3.40.